The molecule has 7 heteroatoms. The van der Waals surface area contributed by atoms with Crippen molar-refractivity contribution >= 4 is 28.2 Å². The van der Waals surface area contributed by atoms with Crippen LogP contribution in [0.3, 0.4) is 0 Å². The zero-order chi connectivity index (χ0) is 22.8. The third kappa shape index (κ3) is 4.33. The average molecular weight is 435 g/mol. The van der Waals surface area contributed by atoms with Gasteiger partial charge in [0.25, 0.3) is 0 Å². The number of nitrogens with zero attached hydrogens (tertiary/aromatic N) is 2. The first kappa shape index (κ1) is 21.9. The van der Waals surface area contributed by atoms with Gasteiger partial charge in [0.05, 0.1) is 12.6 Å². The van der Waals surface area contributed by atoms with Crippen LogP contribution in [0.5, 0.6) is 5.75 Å². The van der Waals surface area contributed by atoms with Gasteiger partial charge in [0, 0.05) is 23.0 Å². The molecule has 1 aliphatic rings. The first-order valence-electron chi connectivity index (χ1n) is 11.1. The summed E-state index contributed by atoms with van der Waals surface area (Å²) >= 11 is 0. The van der Waals surface area contributed by atoms with Crippen LogP contribution in [0, 0.1) is 11.8 Å². The van der Waals surface area contributed by atoms with Crippen LogP contribution in [0.4, 0.5) is 0 Å². The number of methoxy groups -OCH3 is 1. The first-order chi connectivity index (χ1) is 15.4. The Labute approximate surface area is 186 Å². The zero-order valence-corrected chi connectivity index (χ0v) is 19.1. The maximum absolute atomic E-state index is 13.0. The van der Waals surface area contributed by atoms with E-state index in [1.165, 1.54) is 11.1 Å². The first-order valence-corrected chi connectivity index (χ1v) is 11.1. The average Bonchev–Trinajstić information content (AvgIpc) is 3.12. The molecule has 2 N–H and O–H groups in total. The van der Waals surface area contributed by atoms with Crippen molar-refractivity contribution in [2.75, 3.05) is 7.11 Å². The molecule has 2 heterocycles. The van der Waals surface area contributed by atoms with Crippen LogP contribution >= 0.6 is 0 Å². The molecule has 2 aromatic heterocycles. The SMILES string of the molecule is COc1ccc2[nH]c3c(=O)n(/N=C\[C@@H]4CC=C(CCC=C(C)C)C[C@H]4C)c(=O)[nH]c3c2c1. The number of H-pyrrole nitrogens is 2. The molecule has 0 saturated carbocycles. The number of fused-ring (bicyclic) bond motifs is 3. The Morgan fingerprint density at radius 3 is 2.78 bits per heavy atom. The van der Waals surface area contributed by atoms with E-state index < -0.39 is 11.2 Å². The molecule has 3 aromatic rings. The second-order valence-corrected chi connectivity index (χ2v) is 8.86. The molecular formula is C25H30N4O3. The lowest BCUT2D eigenvalue weighted by Crippen LogP contribution is -2.32. The monoisotopic (exact) mass is 434 g/mol. The quantitative estimate of drug-likeness (QED) is 0.434. The van der Waals surface area contributed by atoms with Crippen LogP contribution in [0.15, 0.2) is 56.2 Å². The molecule has 2 atom stereocenters. The van der Waals surface area contributed by atoms with Crippen LogP contribution in [0.25, 0.3) is 21.9 Å². The second-order valence-electron chi connectivity index (χ2n) is 8.86. The molecule has 32 heavy (non-hydrogen) atoms. The minimum atomic E-state index is -0.552. The fourth-order valence-corrected chi connectivity index (χ4v) is 4.34. The summed E-state index contributed by atoms with van der Waals surface area (Å²) in [5, 5.41) is 5.03. The minimum absolute atomic E-state index is 0.191. The summed E-state index contributed by atoms with van der Waals surface area (Å²) in [4.78, 5) is 31.6. The number of allylic oxidation sites excluding steroid dienone is 4. The number of ether oxygens (including phenoxy) is 1. The lowest BCUT2D eigenvalue weighted by atomic mass is 9.80. The highest BCUT2D eigenvalue weighted by Gasteiger charge is 2.21. The molecular weight excluding hydrogens is 404 g/mol. The summed E-state index contributed by atoms with van der Waals surface area (Å²) in [5.74, 6) is 1.25. The van der Waals surface area contributed by atoms with Gasteiger partial charge in [0.1, 0.15) is 11.3 Å². The molecule has 4 rings (SSSR count). The van der Waals surface area contributed by atoms with E-state index in [0.717, 1.165) is 41.3 Å². The Morgan fingerprint density at radius 2 is 2.06 bits per heavy atom. The number of rotatable bonds is 6. The van der Waals surface area contributed by atoms with Gasteiger partial charge < -0.3 is 14.7 Å². The van der Waals surface area contributed by atoms with Crippen molar-refractivity contribution < 1.29 is 4.74 Å². The van der Waals surface area contributed by atoms with Gasteiger partial charge in [-0.1, -0.05) is 30.2 Å². The molecule has 0 fully saturated rings. The van der Waals surface area contributed by atoms with E-state index in [4.69, 9.17) is 4.74 Å². The number of benzene rings is 1. The fraction of sp³-hybridized carbons (Fsp3) is 0.400. The molecule has 0 aliphatic heterocycles. The van der Waals surface area contributed by atoms with Crippen molar-refractivity contribution in [3.05, 3.63) is 62.3 Å². The zero-order valence-electron chi connectivity index (χ0n) is 19.1. The van der Waals surface area contributed by atoms with E-state index in [2.05, 4.69) is 48.0 Å². The molecule has 0 spiro atoms. The van der Waals surface area contributed by atoms with Crippen LogP contribution in [0.1, 0.15) is 46.5 Å². The molecule has 0 saturated heterocycles. The highest BCUT2D eigenvalue weighted by atomic mass is 16.5. The number of aromatic nitrogens is 3. The Kier molecular flexibility index (Phi) is 6.17. The van der Waals surface area contributed by atoms with E-state index in [0.29, 0.717) is 22.7 Å². The Morgan fingerprint density at radius 1 is 1.25 bits per heavy atom. The largest absolute Gasteiger partial charge is 0.497 e. The van der Waals surface area contributed by atoms with Crippen molar-refractivity contribution in [3.8, 4) is 5.75 Å². The Hall–Kier alpha value is -3.35. The summed E-state index contributed by atoms with van der Waals surface area (Å²) in [6.45, 7) is 6.45. The number of aromatic amines is 2. The highest BCUT2D eigenvalue weighted by molar-refractivity contribution is 6.04. The maximum atomic E-state index is 13.0. The topological polar surface area (TPSA) is 92.2 Å². The van der Waals surface area contributed by atoms with Crippen LogP contribution in [-0.4, -0.2) is 28.0 Å². The lowest BCUT2D eigenvalue weighted by molar-refractivity contribution is 0.415. The number of nitrogens with one attached hydrogen (secondary N) is 2. The smallest absolute Gasteiger partial charge is 0.350 e. The highest BCUT2D eigenvalue weighted by Crippen LogP contribution is 2.31. The van der Waals surface area contributed by atoms with Crippen molar-refractivity contribution in [3.63, 3.8) is 0 Å². The number of hydrogen-bond donors (Lipinski definition) is 2. The summed E-state index contributed by atoms with van der Waals surface area (Å²) in [5.41, 5.74) is 3.35. The van der Waals surface area contributed by atoms with Gasteiger partial charge >= 0.3 is 11.2 Å². The summed E-state index contributed by atoms with van der Waals surface area (Å²) in [6.07, 6.45) is 10.4. The van der Waals surface area contributed by atoms with Gasteiger partial charge in [-0.3, -0.25) is 4.79 Å². The van der Waals surface area contributed by atoms with E-state index in [1.807, 2.05) is 6.07 Å². The molecule has 0 radical (unpaired) electrons. The van der Waals surface area contributed by atoms with Gasteiger partial charge in [-0.25, -0.2) is 4.79 Å². The van der Waals surface area contributed by atoms with Crippen molar-refractivity contribution in [1.82, 2.24) is 14.6 Å². The molecule has 168 valence electrons. The van der Waals surface area contributed by atoms with Gasteiger partial charge in [-0.15, -0.1) is 4.68 Å². The standard InChI is InChI=1S/C25H30N4O3/c1-15(2)6-5-7-17-8-9-18(16(3)12-17)14-26-29-24(30)23-22(28-25(29)31)20-13-19(32-4)10-11-21(20)27-23/h6,8,10-11,13-14,16,18,27H,5,7,9,12H2,1-4H3,(H,28,31)/b26-14-/t16-,18+/m1/s1. The molecule has 7 nitrogen and oxygen atoms in total. The van der Waals surface area contributed by atoms with E-state index in [-0.39, 0.29) is 5.92 Å². The van der Waals surface area contributed by atoms with Gasteiger partial charge in [-0.2, -0.15) is 5.10 Å². The van der Waals surface area contributed by atoms with Crippen LogP contribution < -0.4 is 16.0 Å². The van der Waals surface area contributed by atoms with Gasteiger partial charge in [-0.05, 0) is 63.6 Å². The van der Waals surface area contributed by atoms with Crippen LogP contribution in [0.2, 0.25) is 0 Å². The third-order valence-corrected chi connectivity index (χ3v) is 6.22. The molecule has 1 aliphatic carbocycles. The molecule has 1 aromatic carbocycles. The molecule has 0 amide bonds. The van der Waals surface area contributed by atoms with Crippen molar-refractivity contribution in [1.29, 1.82) is 0 Å². The summed E-state index contributed by atoms with van der Waals surface area (Å²) in [7, 11) is 1.58. The normalized spacial score (nSPS) is 18.9. The van der Waals surface area contributed by atoms with E-state index in [1.54, 1.807) is 25.5 Å². The molecule has 0 bridgehead atoms. The van der Waals surface area contributed by atoms with E-state index >= 15 is 0 Å². The van der Waals surface area contributed by atoms with Gasteiger partial charge in [0.2, 0.25) is 0 Å². The summed E-state index contributed by atoms with van der Waals surface area (Å²) < 4.78 is 6.17. The predicted octanol–water partition coefficient (Wildman–Crippen LogP) is 4.73. The van der Waals surface area contributed by atoms with Crippen molar-refractivity contribution in [2.45, 2.75) is 46.5 Å². The number of hydrogen-bond acceptors (Lipinski definition) is 4. The van der Waals surface area contributed by atoms with Gasteiger partial charge in [0.15, 0.2) is 0 Å². The Bertz CT molecular complexity index is 1350. The summed E-state index contributed by atoms with van der Waals surface area (Å²) in [6, 6.07) is 5.42. The molecule has 0 unspecified atom stereocenters. The van der Waals surface area contributed by atoms with E-state index in [9.17, 15) is 9.59 Å². The third-order valence-electron chi connectivity index (χ3n) is 6.22. The van der Waals surface area contributed by atoms with Crippen LogP contribution in [-0.2, 0) is 0 Å². The maximum Gasteiger partial charge on any atom is 0.350 e. The fourth-order valence-electron chi connectivity index (χ4n) is 4.34. The minimum Gasteiger partial charge on any atom is -0.497 e. The lowest BCUT2D eigenvalue weighted by Gasteiger charge is -2.25. The Balaban J connectivity index is 1.60. The van der Waals surface area contributed by atoms with Crippen molar-refractivity contribution in [2.24, 2.45) is 16.9 Å². The predicted molar refractivity (Wildman–Crippen MR) is 130 cm³/mol. The second kappa shape index (κ2) is 9.02.